The van der Waals surface area contributed by atoms with Gasteiger partial charge >= 0.3 is 0 Å². The van der Waals surface area contributed by atoms with Crippen LogP contribution in [-0.4, -0.2) is 36.9 Å². The van der Waals surface area contributed by atoms with Crippen molar-refractivity contribution in [2.45, 2.75) is 24.5 Å². The smallest absolute Gasteiger partial charge is 0.231 e. The highest BCUT2D eigenvalue weighted by Gasteiger charge is 2.50. The van der Waals surface area contributed by atoms with Crippen LogP contribution < -0.4 is 14.8 Å². The Labute approximate surface area is 183 Å². The standard InChI is InChI=1S/C27H26N2O2/c1-2-4-19(5-3-1)6-7-20-8-11-22(12-9-20)27-23-15-28-16-24(27)29(23)17-21-10-13-25-26(14-21)31-18-30-25/h1-14,23-24,27-28H,15-18H2/b7-6+/t23-,24+,27?. The van der Waals surface area contributed by atoms with Crippen molar-refractivity contribution in [1.82, 2.24) is 10.2 Å². The van der Waals surface area contributed by atoms with Gasteiger partial charge < -0.3 is 14.8 Å². The molecule has 4 nitrogen and oxygen atoms in total. The van der Waals surface area contributed by atoms with Gasteiger partial charge in [0.1, 0.15) is 0 Å². The summed E-state index contributed by atoms with van der Waals surface area (Å²) in [5, 5.41) is 3.59. The van der Waals surface area contributed by atoms with Crippen LogP contribution >= 0.6 is 0 Å². The monoisotopic (exact) mass is 410 g/mol. The van der Waals surface area contributed by atoms with E-state index in [1.54, 1.807) is 0 Å². The Bertz CT molecular complexity index is 1080. The molecule has 3 aliphatic rings. The lowest BCUT2D eigenvalue weighted by molar-refractivity contribution is -0.0483. The van der Waals surface area contributed by atoms with Crippen LogP contribution in [0.3, 0.4) is 0 Å². The number of benzene rings is 3. The molecule has 156 valence electrons. The fourth-order valence-corrected chi connectivity index (χ4v) is 5.20. The van der Waals surface area contributed by atoms with E-state index >= 15 is 0 Å². The predicted molar refractivity (Wildman–Crippen MR) is 123 cm³/mol. The zero-order valence-corrected chi connectivity index (χ0v) is 17.4. The van der Waals surface area contributed by atoms with Crippen molar-refractivity contribution in [3.05, 3.63) is 95.1 Å². The topological polar surface area (TPSA) is 33.7 Å². The molecule has 0 radical (unpaired) electrons. The molecular formula is C27H26N2O2. The van der Waals surface area contributed by atoms with E-state index in [9.17, 15) is 0 Å². The SMILES string of the molecule is C(=C\c1ccc(C2[C@H]3CNC[C@@H]2N3Cc2ccc3c(c2)OCO3)cc1)/c1ccccc1. The molecule has 31 heavy (non-hydrogen) atoms. The molecule has 4 heteroatoms. The first-order valence-electron chi connectivity index (χ1n) is 11.0. The molecule has 2 saturated heterocycles. The van der Waals surface area contributed by atoms with Gasteiger partial charge in [-0.1, -0.05) is 72.8 Å². The van der Waals surface area contributed by atoms with E-state index in [1.807, 2.05) is 12.1 Å². The van der Waals surface area contributed by atoms with Crippen molar-refractivity contribution in [1.29, 1.82) is 0 Å². The molecule has 3 aromatic rings. The van der Waals surface area contributed by atoms with Crippen molar-refractivity contribution in [3.63, 3.8) is 0 Å². The van der Waals surface area contributed by atoms with Crippen LogP contribution in [0.2, 0.25) is 0 Å². The summed E-state index contributed by atoms with van der Waals surface area (Å²) in [5.41, 5.74) is 5.22. The third-order valence-electron chi connectivity index (χ3n) is 6.78. The number of nitrogens with zero attached hydrogens (tertiary/aromatic N) is 1. The van der Waals surface area contributed by atoms with Gasteiger partial charge in [0.2, 0.25) is 6.79 Å². The van der Waals surface area contributed by atoms with Crippen molar-refractivity contribution < 1.29 is 9.47 Å². The molecule has 0 aromatic heterocycles. The molecule has 0 aliphatic carbocycles. The second-order valence-corrected chi connectivity index (χ2v) is 8.59. The number of likely N-dealkylation sites (tertiary alicyclic amines) is 1. The molecule has 3 aromatic carbocycles. The highest BCUT2D eigenvalue weighted by atomic mass is 16.7. The highest BCUT2D eigenvalue weighted by molar-refractivity contribution is 5.69. The van der Waals surface area contributed by atoms with Gasteiger partial charge in [-0.05, 0) is 34.4 Å². The number of hydrogen-bond acceptors (Lipinski definition) is 4. The van der Waals surface area contributed by atoms with E-state index < -0.39 is 0 Å². The summed E-state index contributed by atoms with van der Waals surface area (Å²) < 4.78 is 11.0. The van der Waals surface area contributed by atoms with Gasteiger partial charge in [-0.3, -0.25) is 4.90 Å². The molecule has 0 spiro atoms. The molecule has 2 bridgehead atoms. The predicted octanol–water partition coefficient (Wildman–Crippen LogP) is 4.53. The molecule has 6 rings (SSSR count). The number of nitrogens with one attached hydrogen (secondary N) is 1. The van der Waals surface area contributed by atoms with Crippen molar-refractivity contribution in [3.8, 4) is 11.5 Å². The van der Waals surface area contributed by atoms with Gasteiger partial charge in [0.05, 0.1) is 0 Å². The fourth-order valence-electron chi connectivity index (χ4n) is 5.20. The zero-order chi connectivity index (χ0) is 20.6. The van der Waals surface area contributed by atoms with Crippen molar-refractivity contribution >= 4 is 12.2 Å². The van der Waals surface area contributed by atoms with Crippen LogP contribution in [0.4, 0.5) is 0 Å². The summed E-state index contributed by atoms with van der Waals surface area (Å²) in [6.45, 7) is 3.38. The van der Waals surface area contributed by atoms with Gasteiger partial charge in [0.15, 0.2) is 11.5 Å². The second kappa shape index (κ2) is 7.88. The van der Waals surface area contributed by atoms with E-state index in [-0.39, 0.29) is 0 Å². The number of piperidine rings is 1. The Morgan fingerprint density at radius 2 is 1.52 bits per heavy atom. The van der Waals surface area contributed by atoms with Crippen molar-refractivity contribution in [2.75, 3.05) is 19.9 Å². The minimum atomic E-state index is 0.330. The average Bonchev–Trinajstić information content (AvgIpc) is 3.30. The van der Waals surface area contributed by atoms with Gasteiger partial charge in [-0.25, -0.2) is 0 Å². The van der Waals surface area contributed by atoms with Gasteiger partial charge in [0, 0.05) is 37.6 Å². The Morgan fingerprint density at radius 3 is 2.29 bits per heavy atom. The number of piperazine rings is 1. The molecule has 3 heterocycles. The first kappa shape index (κ1) is 18.7. The van der Waals surface area contributed by atoms with E-state index in [2.05, 4.69) is 83.0 Å². The zero-order valence-electron chi connectivity index (χ0n) is 17.4. The molecule has 2 fully saturated rings. The Hall–Kier alpha value is -3.08. The quantitative estimate of drug-likeness (QED) is 0.627. The summed E-state index contributed by atoms with van der Waals surface area (Å²) in [6.07, 6.45) is 4.36. The Morgan fingerprint density at radius 1 is 0.806 bits per heavy atom. The fraction of sp³-hybridized carbons (Fsp3) is 0.259. The van der Waals surface area contributed by atoms with E-state index in [0.717, 1.165) is 31.1 Å². The first-order valence-corrected chi connectivity index (χ1v) is 11.0. The maximum Gasteiger partial charge on any atom is 0.231 e. The van der Waals surface area contributed by atoms with Crippen molar-refractivity contribution in [2.24, 2.45) is 0 Å². The normalized spacial score (nSPS) is 24.3. The third kappa shape index (κ3) is 3.52. The number of ether oxygens (including phenoxy) is 2. The van der Waals surface area contributed by atoms with Crippen LogP contribution in [0.5, 0.6) is 11.5 Å². The lowest BCUT2D eigenvalue weighted by atomic mass is 9.72. The Balaban J connectivity index is 1.15. The van der Waals surface area contributed by atoms with Gasteiger partial charge in [0.25, 0.3) is 0 Å². The van der Waals surface area contributed by atoms with Crippen LogP contribution in [0.25, 0.3) is 12.2 Å². The largest absolute Gasteiger partial charge is 0.454 e. The molecule has 3 atom stereocenters. The maximum absolute atomic E-state index is 5.56. The van der Waals surface area contributed by atoms with Crippen LogP contribution in [0.1, 0.15) is 28.2 Å². The highest BCUT2D eigenvalue weighted by Crippen LogP contribution is 2.44. The van der Waals surface area contributed by atoms with Gasteiger partial charge in [-0.2, -0.15) is 0 Å². The maximum atomic E-state index is 5.56. The minimum Gasteiger partial charge on any atom is -0.454 e. The van der Waals surface area contributed by atoms with E-state index in [4.69, 9.17) is 9.47 Å². The van der Waals surface area contributed by atoms with E-state index in [1.165, 1.54) is 22.3 Å². The minimum absolute atomic E-state index is 0.330. The average molecular weight is 411 g/mol. The number of hydrogen-bond donors (Lipinski definition) is 1. The van der Waals surface area contributed by atoms with E-state index in [0.29, 0.717) is 24.8 Å². The Kier molecular flexibility index (Phi) is 4.74. The molecule has 0 amide bonds. The molecule has 3 aliphatic heterocycles. The number of rotatable bonds is 5. The van der Waals surface area contributed by atoms with Crippen LogP contribution in [0.15, 0.2) is 72.8 Å². The summed E-state index contributed by atoms with van der Waals surface area (Å²) in [7, 11) is 0. The summed E-state index contributed by atoms with van der Waals surface area (Å²) in [5.74, 6) is 2.33. The molecule has 1 unspecified atom stereocenters. The number of fused-ring (bicyclic) bond motifs is 3. The summed E-state index contributed by atoms with van der Waals surface area (Å²) in [6, 6.07) is 27.0. The summed E-state index contributed by atoms with van der Waals surface area (Å²) >= 11 is 0. The molecular weight excluding hydrogens is 384 g/mol. The summed E-state index contributed by atoms with van der Waals surface area (Å²) in [4.78, 5) is 2.64. The lowest BCUT2D eigenvalue weighted by Gasteiger charge is -2.59. The van der Waals surface area contributed by atoms with Crippen LogP contribution in [-0.2, 0) is 6.54 Å². The third-order valence-corrected chi connectivity index (χ3v) is 6.78. The second-order valence-electron chi connectivity index (χ2n) is 8.59. The van der Waals surface area contributed by atoms with Crippen LogP contribution in [0, 0.1) is 0 Å². The lowest BCUT2D eigenvalue weighted by Crippen LogP contribution is -2.72. The molecule has 0 saturated carbocycles. The first-order chi connectivity index (χ1) is 15.3. The molecule has 1 N–H and O–H groups in total. The van der Waals surface area contributed by atoms with Gasteiger partial charge in [-0.15, -0.1) is 0 Å².